The molecule has 0 aromatic heterocycles. The van der Waals surface area contributed by atoms with E-state index < -0.39 is 0 Å². The standard InChI is InChI=1S/C11H17NO2/c1-3-11(13)12-5-8(2)4-10(12)9-6-14-7-9/h3,8-10H,1,4-7H2,2H3/t8-,10?/m0/s1. The van der Waals surface area contributed by atoms with Crippen LogP contribution in [0.5, 0.6) is 0 Å². The van der Waals surface area contributed by atoms with Crippen molar-refractivity contribution in [1.29, 1.82) is 0 Å². The average molecular weight is 195 g/mol. The molecule has 2 saturated heterocycles. The molecular formula is C11H17NO2. The molecule has 2 fully saturated rings. The number of nitrogens with zero attached hydrogens (tertiary/aromatic N) is 1. The van der Waals surface area contributed by atoms with Crippen LogP contribution in [0.4, 0.5) is 0 Å². The van der Waals surface area contributed by atoms with E-state index in [0.29, 0.717) is 17.9 Å². The maximum atomic E-state index is 11.6. The monoisotopic (exact) mass is 195 g/mol. The SMILES string of the molecule is C=CC(=O)N1C[C@@H](C)CC1C1COC1. The first-order valence-electron chi connectivity index (χ1n) is 5.23. The van der Waals surface area contributed by atoms with Crippen LogP contribution in [-0.2, 0) is 9.53 Å². The predicted molar refractivity (Wildman–Crippen MR) is 53.8 cm³/mol. The van der Waals surface area contributed by atoms with E-state index in [9.17, 15) is 4.79 Å². The molecule has 3 nitrogen and oxygen atoms in total. The fraction of sp³-hybridized carbons (Fsp3) is 0.727. The van der Waals surface area contributed by atoms with Crippen molar-refractivity contribution < 1.29 is 9.53 Å². The molecule has 14 heavy (non-hydrogen) atoms. The van der Waals surface area contributed by atoms with E-state index in [4.69, 9.17) is 4.74 Å². The maximum Gasteiger partial charge on any atom is 0.246 e. The minimum atomic E-state index is 0.0752. The largest absolute Gasteiger partial charge is 0.381 e. The summed E-state index contributed by atoms with van der Waals surface area (Å²) in [5.41, 5.74) is 0. The van der Waals surface area contributed by atoms with Gasteiger partial charge in [-0.05, 0) is 18.4 Å². The van der Waals surface area contributed by atoms with Gasteiger partial charge in [0.05, 0.1) is 13.2 Å². The quantitative estimate of drug-likeness (QED) is 0.616. The summed E-state index contributed by atoms with van der Waals surface area (Å²) in [6.45, 7) is 8.26. The first kappa shape index (κ1) is 9.71. The first-order chi connectivity index (χ1) is 6.72. The Balaban J connectivity index is 2.05. The summed E-state index contributed by atoms with van der Waals surface area (Å²) in [6.07, 6.45) is 2.54. The van der Waals surface area contributed by atoms with Gasteiger partial charge in [0.25, 0.3) is 0 Å². The van der Waals surface area contributed by atoms with Crippen molar-refractivity contribution in [2.24, 2.45) is 11.8 Å². The van der Waals surface area contributed by atoms with Crippen molar-refractivity contribution in [3.63, 3.8) is 0 Å². The second-order valence-corrected chi connectivity index (χ2v) is 4.40. The molecule has 0 aromatic carbocycles. The second-order valence-electron chi connectivity index (χ2n) is 4.40. The maximum absolute atomic E-state index is 11.6. The fourth-order valence-corrected chi connectivity index (χ4v) is 2.38. The van der Waals surface area contributed by atoms with Crippen molar-refractivity contribution in [2.45, 2.75) is 19.4 Å². The minimum absolute atomic E-state index is 0.0752. The minimum Gasteiger partial charge on any atom is -0.381 e. The Morgan fingerprint density at radius 1 is 1.57 bits per heavy atom. The molecule has 0 aliphatic carbocycles. The summed E-state index contributed by atoms with van der Waals surface area (Å²) >= 11 is 0. The van der Waals surface area contributed by atoms with Gasteiger partial charge in [0.2, 0.25) is 5.91 Å². The van der Waals surface area contributed by atoms with Gasteiger partial charge in [0, 0.05) is 18.5 Å². The van der Waals surface area contributed by atoms with Crippen LogP contribution in [0.1, 0.15) is 13.3 Å². The molecular weight excluding hydrogens is 178 g/mol. The number of likely N-dealkylation sites (tertiary alicyclic amines) is 1. The molecule has 78 valence electrons. The van der Waals surface area contributed by atoms with Crippen molar-refractivity contribution >= 4 is 5.91 Å². The lowest BCUT2D eigenvalue weighted by Gasteiger charge is -2.36. The number of ether oxygens (including phenoxy) is 1. The Morgan fingerprint density at radius 2 is 2.29 bits per heavy atom. The van der Waals surface area contributed by atoms with Gasteiger partial charge < -0.3 is 9.64 Å². The summed E-state index contributed by atoms with van der Waals surface area (Å²) in [5, 5.41) is 0. The highest BCUT2D eigenvalue weighted by molar-refractivity contribution is 5.87. The van der Waals surface area contributed by atoms with E-state index in [1.54, 1.807) is 0 Å². The van der Waals surface area contributed by atoms with Gasteiger partial charge in [0.15, 0.2) is 0 Å². The van der Waals surface area contributed by atoms with Crippen LogP contribution in [0.3, 0.4) is 0 Å². The Kier molecular flexibility index (Phi) is 2.59. The zero-order valence-corrected chi connectivity index (χ0v) is 8.61. The lowest BCUT2D eigenvalue weighted by atomic mass is 9.93. The van der Waals surface area contributed by atoms with Gasteiger partial charge >= 0.3 is 0 Å². The van der Waals surface area contributed by atoms with Crippen molar-refractivity contribution in [2.75, 3.05) is 19.8 Å². The van der Waals surface area contributed by atoms with Crippen molar-refractivity contribution in [1.82, 2.24) is 4.90 Å². The van der Waals surface area contributed by atoms with Gasteiger partial charge in [-0.1, -0.05) is 13.5 Å². The third-order valence-electron chi connectivity index (χ3n) is 3.22. The van der Waals surface area contributed by atoms with Gasteiger partial charge in [0.1, 0.15) is 0 Å². The number of rotatable bonds is 2. The van der Waals surface area contributed by atoms with Crippen LogP contribution in [0.2, 0.25) is 0 Å². The highest BCUT2D eigenvalue weighted by Crippen LogP contribution is 2.31. The lowest BCUT2D eigenvalue weighted by molar-refractivity contribution is -0.132. The van der Waals surface area contributed by atoms with Crippen LogP contribution < -0.4 is 0 Å². The highest BCUT2D eigenvalue weighted by Gasteiger charge is 2.40. The number of hydrogen-bond donors (Lipinski definition) is 0. The zero-order chi connectivity index (χ0) is 10.1. The normalized spacial score (nSPS) is 32.8. The van der Waals surface area contributed by atoms with Gasteiger partial charge in [-0.2, -0.15) is 0 Å². The predicted octanol–water partition coefficient (Wildman–Crippen LogP) is 1.06. The molecule has 0 bridgehead atoms. The van der Waals surface area contributed by atoms with E-state index in [-0.39, 0.29) is 5.91 Å². The average Bonchev–Trinajstić information content (AvgIpc) is 2.43. The zero-order valence-electron chi connectivity index (χ0n) is 8.61. The number of amides is 1. The highest BCUT2D eigenvalue weighted by atomic mass is 16.5. The number of carbonyl (C=O) groups excluding carboxylic acids is 1. The third kappa shape index (κ3) is 1.57. The second kappa shape index (κ2) is 3.73. The molecule has 0 N–H and O–H groups in total. The summed E-state index contributed by atoms with van der Waals surface area (Å²) in [6, 6.07) is 0.393. The smallest absolute Gasteiger partial charge is 0.246 e. The Hall–Kier alpha value is -0.830. The molecule has 2 rings (SSSR count). The third-order valence-corrected chi connectivity index (χ3v) is 3.22. The van der Waals surface area contributed by atoms with Crippen molar-refractivity contribution in [3.05, 3.63) is 12.7 Å². The number of carbonyl (C=O) groups is 1. The first-order valence-corrected chi connectivity index (χ1v) is 5.23. The molecule has 0 spiro atoms. The Bertz CT molecular complexity index is 248. The topological polar surface area (TPSA) is 29.5 Å². The summed E-state index contributed by atoms with van der Waals surface area (Å²) in [7, 11) is 0. The van der Waals surface area contributed by atoms with Crippen molar-refractivity contribution in [3.8, 4) is 0 Å². The van der Waals surface area contributed by atoms with Gasteiger partial charge in [-0.15, -0.1) is 0 Å². The summed E-state index contributed by atoms with van der Waals surface area (Å²) in [4.78, 5) is 13.5. The molecule has 0 radical (unpaired) electrons. The van der Waals surface area contributed by atoms with Crippen LogP contribution in [0.15, 0.2) is 12.7 Å². The number of hydrogen-bond acceptors (Lipinski definition) is 2. The molecule has 0 saturated carbocycles. The van der Waals surface area contributed by atoms with E-state index in [1.165, 1.54) is 6.08 Å². The van der Waals surface area contributed by atoms with E-state index >= 15 is 0 Å². The molecule has 2 aliphatic heterocycles. The Morgan fingerprint density at radius 3 is 2.79 bits per heavy atom. The van der Waals surface area contributed by atoms with Gasteiger partial charge in [-0.25, -0.2) is 0 Å². The van der Waals surface area contributed by atoms with Gasteiger partial charge in [-0.3, -0.25) is 4.79 Å². The van der Waals surface area contributed by atoms with Crippen LogP contribution >= 0.6 is 0 Å². The van der Waals surface area contributed by atoms with Crippen LogP contribution in [0, 0.1) is 11.8 Å². The molecule has 1 amide bonds. The molecule has 0 aromatic rings. The fourth-order valence-electron chi connectivity index (χ4n) is 2.38. The summed E-state index contributed by atoms with van der Waals surface area (Å²) in [5.74, 6) is 1.25. The van der Waals surface area contributed by atoms with E-state index in [0.717, 1.165) is 26.2 Å². The van der Waals surface area contributed by atoms with Crippen LogP contribution in [-0.4, -0.2) is 36.6 Å². The molecule has 3 heteroatoms. The van der Waals surface area contributed by atoms with Crippen LogP contribution in [0.25, 0.3) is 0 Å². The molecule has 2 aliphatic rings. The van der Waals surface area contributed by atoms with E-state index in [2.05, 4.69) is 13.5 Å². The summed E-state index contributed by atoms with van der Waals surface area (Å²) < 4.78 is 5.18. The van der Waals surface area contributed by atoms with E-state index in [1.807, 2.05) is 4.90 Å². The molecule has 1 unspecified atom stereocenters. The lowest BCUT2D eigenvalue weighted by Crippen LogP contribution is -2.46. The molecule has 2 heterocycles. The Labute approximate surface area is 84.7 Å². The molecule has 2 atom stereocenters.